The van der Waals surface area contributed by atoms with Crippen molar-refractivity contribution in [2.45, 2.75) is 12.3 Å². The van der Waals surface area contributed by atoms with Crippen molar-refractivity contribution in [2.75, 3.05) is 0 Å². The van der Waals surface area contributed by atoms with E-state index in [1.54, 1.807) is 12.3 Å². The molecule has 1 unspecified atom stereocenters. The molecule has 1 atom stereocenters. The van der Waals surface area contributed by atoms with Gasteiger partial charge in [-0.15, -0.1) is 0 Å². The Bertz CT molecular complexity index is 834. The van der Waals surface area contributed by atoms with Crippen LogP contribution in [0.4, 0.5) is 4.39 Å². The summed E-state index contributed by atoms with van der Waals surface area (Å²) in [5, 5.41) is 0.666. The standard InChI is InChI=1S/C17H12FNO/c18-11-5-6-16-13(8-11)15(9-19-16)17(20)14-7-10-3-1-2-4-12(10)14/h1-6,8-9,14,19H,7H2. The molecule has 0 saturated carbocycles. The second-order valence-electron chi connectivity index (χ2n) is 5.21. The number of fused-ring (bicyclic) bond motifs is 2. The summed E-state index contributed by atoms with van der Waals surface area (Å²) in [4.78, 5) is 15.7. The van der Waals surface area contributed by atoms with E-state index >= 15 is 0 Å². The monoisotopic (exact) mass is 265 g/mol. The third-order valence-corrected chi connectivity index (χ3v) is 4.08. The number of hydrogen-bond acceptors (Lipinski definition) is 1. The lowest BCUT2D eigenvalue weighted by Gasteiger charge is -2.28. The molecule has 98 valence electrons. The van der Waals surface area contributed by atoms with Crippen LogP contribution in [0.15, 0.2) is 48.7 Å². The molecule has 20 heavy (non-hydrogen) atoms. The van der Waals surface area contributed by atoms with Gasteiger partial charge < -0.3 is 4.98 Å². The largest absolute Gasteiger partial charge is 0.360 e. The van der Waals surface area contributed by atoms with Gasteiger partial charge in [-0.2, -0.15) is 0 Å². The molecular formula is C17H12FNO. The minimum absolute atomic E-state index is 0.0700. The molecular weight excluding hydrogens is 253 g/mol. The average Bonchev–Trinajstić information content (AvgIpc) is 2.83. The maximum Gasteiger partial charge on any atom is 0.172 e. The van der Waals surface area contributed by atoms with Crippen LogP contribution in [0.3, 0.4) is 0 Å². The summed E-state index contributed by atoms with van der Waals surface area (Å²) in [5.74, 6) is -0.339. The second-order valence-corrected chi connectivity index (χ2v) is 5.21. The quantitative estimate of drug-likeness (QED) is 0.702. The van der Waals surface area contributed by atoms with E-state index in [1.165, 1.54) is 17.7 Å². The van der Waals surface area contributed by atoms with Crippen molar-refractivity contribution in [3.8, 4) is 0 Å². The molecule has 1 heterocycles. The lowest BCUT2D eigenvalue weighted by Crippen LogP contribution is -2.25. The summed E-state index contributed by atoms with van der Waals surface area (Å²) in [5.41, 5.74) is 3.71. The van der Waals surface area contributed by atoms with Crippen LogP contribution in [-0.2, 0) is 6.42 Å². The zero-order valence-corrected chi connectivity index (χ0v) is 10.7. The van der Waals surface area contributed by atoms with Gasteiger partial charge in [-0.25, -0.2) is 4.39 Å². The summed E-state index contributed by atoms with van der Waals surface area (Å²) < 4.78 is 13.4. The minimum Gasteiger partial charge on any atom is -0.360 e. The van der Waals surface area contributed by atoms with Crippen LogP contribution in [-0.4, -0.2) is 10.8 Å². The highest BCUT2D eigenvalue weighted by Crippen LogP contribution is 2.38. The van der Waals surface area contributed by atoms with Crippen LogP contribution in [0.2, 0.25) is 0 Å². The number of aromatic nitrogens is 1. The Kier molecular flexibility index (Phi) is 2.30. The van der Waals surface area contributed by atoms with Gasteiger partial charge in [0.25, 0.3) is 0 Å². The third-order valence-electron chi connectivity index (χ3n) is 4.08. The van der Waals surface area contributed by atoms with E-state index in [4.69, 9.17) is 0 Å². The number of carbonyl (C=O) groups excluding carboxylic acids is 1. The number of ketones is 1. The zero-order valence-electron chi connectivity index (χ0n) is 10.7. The Morgan fingerprint density at radius 3 is 2.90 bits per heavy atom. The maximum absolute atomic E-state index is 13.4. The van der Waals surface area contributed by atoms with Crippen LogP contribution in [0.5, 0.6) is 0 Å². The lowest BCUT2D eigenvalue weighted by atomic mass is 9.74. The molecule has 2 aromatic carbocycles. The Balaban J connectivity index is 1.77. The molecule has 0 spiro atoms. The molecule has 3 aromatic rings. The Labute approximate surface area is 115 Å². The van der Waals surface area contributed by atoms with Gasteiger partial charge in [0.1, 0.15) is 5.82 Å². The first-order valence-electron chi connectivity index (χ1n) is 6.62. The van der Waals surface area contributed by atoms with Crippen molar-refractivity contribution >= 4 is 16.7 Å². The van der Waals surface area contributed by atoms with E-state index in [1.807, 2.05) is 24.3 Å². The molecule has 4 rings (SSSR count). The SMILES string of the molecule is O=C(c1c[nH]c2ccc(F)cc12)C1Cc2ccccc21. The van der Waals surface area contributed by atoms with Crippen LogP contribution in [0.25, 0.3) is 10.9 Å². The van der Waals surface area contributed by atoms with Gasteiger partial charge in [-0.05, 0) is 35.7 Å². The smallest absolute Gasteiger partial charge is 0.172 e. The van der Waals surface area contributed by atoms with Gasteiger partial charge in [0.05, 0.1) is 5.92 Å². The number of benzene rings is 2. The Morgan fingerprint density at radius 1 is 1.20 bits per heavy atom. The fraction of sp³-hybridized carbons (Fsp3) is 0.118. The number of rotatable bonds is 2. The normalized spacial score (nSPS) is 16.8. The van der Waals surface area contributed by atoms with Crippen molar-refractivity contribution in [3.05, 3.63) is 71.2 Å². The minimum atomic E-state index is -0.319. The topological polar surface area (TPSA) is 32.9 Å². The fourth-order valence-corrected chi connectivity index (χ4v) is 2.98. The number of H-pyrrole nitrogens is 1. The Morgan fingerprint density at radius 2 is 2.05 bits per heavy atom. The molecule has 0 radical (unpaired) electrons. The van der Waals surface area contributed by atoms with Crippen molar-refractivity contribution in [1.82, 2.24) is 4.98 Å². The molecule has 1 aliphatic carbocycles. The first-order valence-corrected chi connectivity index (χ1v) is 6.62. The highest BCUT2D eigenvalue weighted by Gasteiger charge is 2.33. The molecule has 0 aliphatic heterocycles. The summed E-state index contributed by atoms with van der Waals surface area (Å²) in [6, 6.07) is 12.5. The predicted octanol–water partition coefficient (Wildman–Crippen LogP) is 3.83. The van der Waals surface area contributed by atoms with Gasteiger partial charge in [-0.1, -0.05) is 24.3 Å². The molecule has 0 bridgehead atoms. The van der Waals surface area contributed by atoms with Crippen LogP contribution in [0.1, 0.15) is 27.4 Å². The van der Waals surface area contributed by atoms with E-state index in [0.717, 1.165) is 17.5 Å². The predicted molar refractivity (Wildman–Crippen MR) is 75.5 cm³/mol. The van der Waals surface area contributed by atoms with Crippen LogP contribution in [0, 0.1) is 5.82 Å². The van der Waals surface area contributed by atoms with Crippen LogP contribution >= 0.6 is 0 Å². The average molecular weight is 265 g/mol. The highest BCUT2D eigenvalue weighted by molar-refractivity contribution is 6.11. The summed E-state index contributed by atoms with van der Waals surface area (Å²) >= 11 is 0. The van der Waals surface area contributed by atoms with Crippen molar-refractivity contribution < 1.29 is 9.18 Å². The maximum atomic E-state index is 13.4. The molecule has 1 aliphatic rings. The van der Waals surface area contributed by atoms with Crippen molar-refractivity contribution in [3.63, 3.8) is 0 Å². The number of aromatic amines is 1. The van der Waals surface area contributed by atoms with Crippen LogP contribution < -0.4 is 0 Å². The summed E-state index contributed by atoms with van der Waals surface area (Å²) in [6.07, 6.45) is 2.46. The zero-order chi connectivity index (χ0) is 13.7. The van der Waals surface area contributed by atoms with Gasteiger partial charge >= 0.3 is 0 Å². The fourth-order valence-electron chi connectivity index (χ4n) is 2.98. The van der Waals surface area contributed by atoms with Gasteiger partial charge in [0.2, 0.25) is 0 Å². The lowest BCUT2D eigenvalue weighted by molar-refractivity contribution is 0.0950. The number of halogens is 1. The van der Waals surface area contributed by atoms with E-state index in [9.17, 15) is 9.18 Å². The number of Topliss-reactive ketones (excluding diaryl/α,β-unsaturated/α-hetero) is 1. The number of nitrogens with one attached hydrogen (secondary N) is 1. The number of hydrogen-bond donors (Lipinski definition) is 1. The summed E-state index contributed by atoms with van der Waals surface area (Å²) in [6.45, 7) is 0. The van der Waals surface area contributed by atoms with Crippen molar-refractivity contribution in [1.29, 1.82) is 0 Å². The second kappa shape index (κ2) is 4.04. The van der Waals surface area contributed by atoms with Gasteiger partial charge in [-0.3, -0.25) is 4.79 Å². The van der Waals surface area contributed by atoms with E-state index in [0.29, 0.717) is 10.9 Å². The molecule has 3 heteroatoms. The molecule has 1 aromatic heterocycles. The number of carbonyl (C=O) groups is 1. The molecule has 1 N–H and O–H groups in total. The molecule has 0 saturated heterocycles. The Hall–Kier alpha value is -2.42. The molecule has 0 fully saturated rings. The highest BCUT2D eigenvalue weighted by atomic mass is 19.1. The molecule has 2 nitrogen and oxygen atoms in total. The van der Waals surface area contributed by atoms with E-state index in [-0.39, 0.29) is 17.5 Å². The van der Waals surface area contributed by atoms with Gasteiger partial charge in [0, 0.05) is 22.7 Å². The first kappa shape index (κ1) is 11.4. The molecule has 0 amide bonds. The van der Waals surface area contributed by atoms with E-state index < -0.39 is 0 Å². The summed E-state index contributed by atoms with van der Waals surface area (Å²) in [7, 11) is 0. The van der Waals surface area contributed by atoms with Crippen molar-refractivity contribution in [2.24, 2.45) is 0 Å². The van der Waals surface area contributed by atoms with Gasteiger partial charge in [0.15, 0.2) is 5.78 Å². The first-order chi connectivity index (χ1) is 9.74. The third kappa shape index (κ3) is 1.53. The van der Waals surface area contributed by atoms with E-state index in [2.05, 4.69) is 4.98 Å².